The zero-order chi connectivity index (χ0) is 13.6. The summed E-state index contributed by atoms with van der Waals surface area (Å²) >= 11 is -0.556. The first-order chi connectivity index (χ1) is 8.72. The summed E-state index contributed by atoms with van der Waals surface area (Å²) in [4.78, 5) is 11.1. The van der Waals surface area contributed by atoms with Crippen molar-refractivity contribution in [2.75, 3.05) is 0 Å². The molecule has 0 aliphatic heterocycles. The molecule has 0 radical (unpaired) electrons. The van der Waals surface area contributed by atoms with Crippen LogP contribution in [0.4, 0.5) is 0 Å². The van der Waals surface area contributed by atoms with Crippen LogP contribution in [-0.4, -0.2) is 5.91 Å². The molecule has 1 saturated carbocycles. The number of carbonyl (C=O) groups excluding carboxylic acids is 1. The molecule has 5 heteroatoms. The maximum absolute atomic E-state index is 11.1. The van der Waals surface area contributed by atoms with Gasteiger partial charge in [-0.3, -0.25) is 0 Å². The standard InChI is InChI=1S/C13H25NO.2ClH.Ti/c14-13(15)12-10-8-6-4-2-1-3-5-7-9-11-12;;;/h12H,1-11H2,(H2,14,15);2*1H;/q;;;+2/p-3. The van der Waals surface area contributed by atoms with E-state index >= 15 is 0 Å². The zero-order valence-electron chi connectivity index (χ0n) is 11.0. The van der Waals surface area contributed by atoms with Crippen LogP contribution in [0.25, 0.3) is 5.73 Å². The molecule has 0 unspecified atom stereocenters. The van der Waals surface area contributed by atoms with E-state index in [0.29, 0.717) is 0 Å². The van der Waals surface area contributed by atoms with Gasteiger partial charge in [-0.2, -0.15) is 0 Å². The minimum atomic E-state index is -0.556. The Morgan fingerprint density at radius 2 is 1.11 bits per heavy atom. The fourth-order valence-corrected chi connectivity index (χ4v) is 2.43. The van der Waals surface area contributed by atoms with Crippen molar-refractivity contribution >= 4 is 24.5 Å². The number of amides is 1. The van der Waals surface area contributed by atoms with Gasteiger partial charge in [0.25, 0.3) is 0 Å². The van der Waals surface area contributed by atoms with Crippen molar-refractivity contribution in [2.45, 2.75) is 70.6 Å². The molecule has 0 bridgehead atoms. The van der Waals surface area contributed by atoms with E-state index in [-0.39, 0.29) is 11.8 Å². The first kappa shape index (κ1) is 18.8. The smallest absolute Gasteiger partial charge is 0.0519 e. The second kappa shape index (κ2) is 14.2. The van der Waals surface area contributed by atoms with E-state index in [1.807, 2.05) is 0 Å². The van der Waals surface area contributed by atoms with Gasteiger partial charge in [-0.05, 0) is 12.8 Å². The third kappa shape index (κ3) is 11.8. The molecule has 106 valence electrons. The van der Waals surface area contributed by atoms with Crippen LogP contribution < -0.4 is 0 Å². The normalized spacial score (nSPS) is 19.7. The van der Waals surface area contributed by atoms with Crippen molar-refractivity contribution in [1.29, 1.82) is 0 Å². The van der Waals surface area contributed by atoms with Crippen LogP contribution in [0, 0.1) is 5.92 Å². The first-order valence-corrected chi connectivity index (χ1v) is 11.2. The number of hydrogen-bond donors (Lipinski definition) is 0. The summed E-state index contributed by atoms with van der Waals surface area (Å²) in [6.45, 7) is 0. The largest absolute Gasteiger partial charge is 0.668 e. The maximum Gasteiger partial charge on any atom is 0.0519 e. The Morgan fingerprint density at radius 1 is 0.833 bits per heavy atom. The van der Waals surface area contributed by atoms with E-state index < -0.39 is 17.0 Å². The molecule has 1 aliphatic rings. The monoisotopic (exact) mass is 328 g/mol. The number of hydrogen-bond acceptors (Lipinski definition) is 1. The molecule has 1 amide bonds. The molecular weight excluding hydrogens is 305 g/mol. The van der Waals surface area contributed by atoms with Crippen LogP contribution in [0.3, 0.4) is 0 Å². The molecule has 2 nitrogen and oxygen atoms in total. The van der Waals surface area contributed by atoms with Crippen LogP contribution in [0.1, 0.15) is 70.6 Å². The minimum absolute atomic E-state index is 0.0458. The Hall–Kier alpha value is 0.764. The van der Waals surface area contributed by atoms with Gasteiger partial charge in [0.2, 0.25) is 0 Å². The molecule has 18 heavy (non-hydrogen) atoms. The molecule has 0 aromatic carbocycles. The van der Waals surface area contributed by atoms with Gasteiger partial charge in [0.1, 0.15) is 0 Å². The first-order valence-electron chi connectivity index (χ1n) is 6.94. The SMILES string of the molecule is [Cl][Ti][Cl].[NH-]C(=O)C1CCCCCCCCCCC1. The third-order valence-corrected chi connectivity index (χ3v) is 3.48. The third-order valence-electron chi connectivity index (χ3n) is 3.48. The molecular formula is C13H24Cl2NOTi-. The van der Waals surface area contributed by atoms with Gasteiger partial charge in [0, 0.05) is 5.92 Å². The Morgan fingerprint density at radius 3 is 1.39 bits per heavy atom. The van der Waals surface area contributed by atoms with Gasteiger partial charge in [-0.1, -0.05) is 57.8 Å². The molecule has 0 aromatic rings. The fraction of sp³-hybridized carbons (Fsp3) is 0.923. The van der Waals surface area contributed by atoms with E-state index in [2.05, 4.69) is 0 Å². The predicted molar refractivity (Wildman–Crippen MR) is 75.3 cm³/mol. The summed E-state index contributed by atoms with van der Waals surface area (Å²) in [5.41, 5.74) is 7.23. The van der Waals surface area contributed by atoms with E-state index in [9.17, 15) is 4.79 Å². The topological polar surface area (TPSA) is 40.9 Å². The molecule has 0 spiro atoms. The number of nitrogens with one attached hydrogen (secondary N) is 1. The summed E-state index contributed by atoms with van der Waals surface area (Å²) in [5.74, 6) is -0.281. The average molecular weight is 329 g/mol. The van der Waals surface area contributed by atoms with Gasteiger partial charge >= 0.3 is 35.6 Å². The molecule has 0 atom stereocenters. The number of rotatable bonds is 1. The second-order valence-corrected chi connectivity index (χ2v) is 7.47. The van der Waals surface area contributed by atoms with Crippen molar-refractivity contribution in [3.8, 4) is 0 Å². The minimum Gasteiger partial charge on any atom is -0.668 e. The maximum atomic E-state index is 11.1. The summed E-state index contributed by atoms with van der Waals surface area (Å²) in [7, 11) is 9.78. The van der Waals surface area contributed by atoms with E-state index in [4.69, 9.17) is 24.3 Å². The number of halogens is 2. The van der Waals surface area contributed by atoms with Gasteiger partial charge in [0.15, 0.2) is 0 Å². The molecule has 1 aliphatic carbocycles. The fourth-order valence-electron chi connectivity index (χ4n) is 2.43. The van der Waals surface area contributed by atoms with Crippen molar-refractivity contribution in [1.82, 2.24) is 0 Å². The second-order valence-electron chi connectivity index (χ2n) is 4.89. The van der Waals surface area contributed by atoms with Crippen LogP contribution >= 0.6 is 18.6 Å². The Balaban J connectivity index is 0.000000873. The van der Waals surface area contributed by atoms with E-state index in [0.717, 1.165) is 25.7 Å². The van der Waals surface area contributed by atoms with Gasteiger partial charge in [0.05, 0.1) is 5.91 Å². The molecule has 0 heterocycles. The Bertz CT molecular complexity index is 193. The van der Waals surface area contributed by atoms with Gasteiger partial charge in [-0.15, -0.1) is 0 Å². The van der Waals surface area contributed by atoms with Crippen molar-refractivity contribution < 1.29 is 21.8 Å². The summed E-state index contributed by atoms with van der Waals surface area (Å²) in [6.07, 6.45) is 13.5. The van der Waals surface area contributed by atoms with E-state index in [1.54, 1.807) is 0 Å². The summed E-state index contributed by atoms with van der Waals surface area (Å²) in [5, 5.41) is 0. The zero-order valence-corrected chi connectivity index (χ0v) is 14.1. The van der Waals surface area contributed by atoms with E-state index in [1.165, 1.54) is 44.9 Å². The van der Waals surface area contributed by atoms with Crippen LogP contribution in [0.2, 0.25) is 0 Å². The molecule has 1 N–H and O–H groups in total. The van der Waals surface area contributed by atoms with Gasteiger partial charge in [-0.25, -0.2) is 0 Å². The molecule has 0 saturated heterocycles. The summed E-state index contributed by atoms with van der Waals surface area (Å²) < 4.78 is 0. The quantitative estimate of drug-likeness (QED) is 0.555. The average Bonchev–Trinajstić information content (AvgIpc) is 2.30. The van der Waals surface area contributed by atoms with Crippen LogP contribution in [0.15, 0.2) is 0 Å². The Kier molecular flexibility index (Phi) is 14.8. The van der Waals surface area contributed by atoms with Crippen LogP contribution in [0.5, 0.6) is 0 Å². The van der Waals surface area contributed by atoms with Crippen molar-refractivity contribution in [3.05, 3.63) is 5.73 Å². The number of carbonyl (C=O) groups is 1. The molecule has 0 aromatic heterocycles. The Labute approximate surface area is 128 Å². The molecule has 1 rings (SSSR count). The predicted octanol–water partition coefficient (Wildman–Crippen LogP) is 5.86. The van der Waals surface area contributed by atoms with Crippen molar-refractivity contribution in [2.24, 2.45) is 5.92 Å². The van der Waals surface area contributed by atoms with Crippen LogP contribution in [-0.2, 0) is 21.8 Å². The van der Waals surface area contributed by atoms with Crippen molar-refractivity contribution in [3.63, 3.8) is 0 Å². The molecule has 1 fully saturated rings. The summed E-state index contributed by atoms with van der Waals surface area (Å²) in [6, 6.07) is 0. The van der Waals surface area contributed by atoms with Gasteiger partial charge < -0.3 is 10.5 Å².